The maximum atomic E-state index is 14.1. The number of carbonyl (C=O) groups excluding carboxylic acids is 2. The molecule has 1 amide bonds. The highest BCUT2D eigenvalue weighted by atomic mass is 19.4. The van der Waals surface area contributed by atoms with Crippen molar-refractivity contribution in [1.29, 1.82) is 0 Å². The van der Waals surface area contributed by atoms with Crippen molar-refractivity contribution >= 4 is 17.6 Å². The summed E-state index contributed by atoms with van der Waals surface area (Å²) in [6.45, 7) is 0.941. The molecule has 2 aromatic carbocycles. The summed E-state index contributed by atoms with van der Waals surface area (Å²) in [4.78, 5) is 24.9. The summed E-state index contributed by atoms with van der Waals surface area (Å²) in [6, 6.07) is 9.53. The van der Waals surface area contributed by atoms with Gasteiger partial charge in [-0.25, -0.2) is 9.18 Å². The number of nitrogens with one attached hydrogen (secondary N) is 2. The van der Waals surface area contributed by atoms with Crippen molar-refractivity contribution in [2.24, 2.45) is 0 Å². The third-order valence-electron chi connectivity index (χ3n) is 3.82. The maximum Gasteiger partial charge on any atom is 0.441 e. The van der Waals surface area contributed by atoms with Crippen LogP contribution in [-0.4, -0.2) is 37.4 Å². The Bertz CT molecular complexity index is 889. The van der Waals surface area contributed by atoms with Crippen LogP contribution in [-0.2, 0) is 9.53 Å². The van der Waals surface area contributed by atoms with Gasteiger partial charge in [0, 0.05) is 5.56 Å². The van der Waals surface area contributed by atoms with Crippen LogP contribution in [0, 0.1) is 5.82 Å². The minimum atomic E-state index is -5.33. The van der Waals surface area contributed by atoms with E-state index in [-0.39, 0.29) is 18.0 Å². The normalized spacial score (nSPS) is 13.2. The Morgan fingerprint density at radius 3 is 2.34 bits per heavy atom. The average Bonchev–Trinajstić information content (AvgIpc) is 2.67. The number of methoxy groups -OCH3 is 1. The summed E-state index contributed by atoms with van der Waals surface area (Å²) in [5.41, 5.74) is -4.29. The lowest BCUT2D eigenvalue weighted by atomic mass is 10.1. The van der Waals surface area contributed by atoms with Gasteiger partial charge >= 0.3 is 17.8 Å². The van der Waals surface area contributed by atoms with E-state index < -0.39 is 35.1 Å². The molecule has 156 valence electrons. The molecule has 0 fully saturated rings. The van der Waals surface area contributed by atoms with Crippen LogP contribution in [0.15, 0.2) is 48.5 Å². The molecule has 29 heavy (non-hydrogen) atoms. The van der Waals surface area contributed by atoms with Crippen molar-refractivity contribution in [3.05, 3.63) is 59.9 Å². The van der Waals surface area contributed by atoms with Gasteiger partial charge in [-0.15, -0.1) is 0 Å². The highest BCUT2D eigenvalue weighted by Gasteiger charge is 2.64. The van der Waals surface area contributed by atoms with Gasteiger partial charge in [-0.3, -0.25) is 4.79 Å². The van der Waals surface area contributed by atoms with Gasteiger partial charge in [0.25, 0.3) is 5.91 Å². The molecule has 0 aliphatic carbocycles. The number of rotatable bonds is 7. The van der Waals surface area contributed by atoms with Crippen molar-refractivity contribution in [2.45, 2.75) is 18.8 Å². The number of carbonyl (C=O) groups is 2. The Morgan fingerprint density at radius 1 is 1.07 bits per heavy atom. The highest BCUT2D eigenvalue weighted by molar-refractivity contribution is 5.99. The van der Waals surface area contributed by atoms with E-state index >= 15 is 0 Å². The third kappa shape index (κ3) is 4.76. The van der Waals surface area contributed by atoms with Crippen LogP contribution in [0.2, 0.25) is 0 Å². The molecule has 0 aromatic heterocycles. The lowest BCUT2D eigenvalue weighted by Gasteiger charge is -2.35. The van der Waals surface area contributed by atoms with Gasteiger partial charge in [0.2, 0.25) is 0 Å². The number of para-hydroxylation sites is 2. The van der Waals surface area contributed by atoms with Gasteiger partial charge in [0.05, 0.1) is 19.4 Å². The molecule has 0 heterocycles. The highest BCUT2D eigenvalue weighted by Crippen LogP contribution is 2.36. The Hall–Kier alpha value is -3.30. The van der Waals surface area contributed by atoms with Crippen LogP contribution in [0.25, 0.3) is 0 Å². The van der Waals surface area contributed by atoms with Gasteiger partial charge in [-0.2, -0.15) is 13.2 Å². The predicted octanol–water partition coefficient (Wildman–Crippen LogP) is 3.50. The number of hydrogen-bond acceptors (Lipinski definition) is 5. The van der Waals surface area contributed by atoms with Gasteiger partial charge in [-0.1, -0.05) is 18.2 Å². The lowest BCUT2D eigenvalue weighted by Crippen LogP contribution is -2.69. The lowest BCUT2D eigenvalue weighted by molar-refractivity contribution is -0.204. The molecular weight excluding hydrogens is 396 g/mol. The summed E-state index contributed by atoms with van der Waals surface area (Å²) >= 11 is 0. The third-order valence-corrected chi connectivity index (χ3v) is 3.82. The summed E-state index contributed by atoms with van der Waals surface area (Å²) in [7, 11) is 1.23. The molecular formula is C19H18F4N2O4. The first-order chi connectivity index (χ1) is 13.6. The molecule has 0 bridgehead atoms. The number of amides is 1. The van der Waals surface area contributed by atoms with Crippen LogP contribution in [0.4, 0.5) is 23.2 Å². The van der Waals surface area contributed by atoms with E-state index in [2.05, 4.69) is 4.74 Å². The quantitative estimate of drug-likeness (QED) is 0.412. The van der Waals surface area contributed by atoms with Crippen molar-refractivity contribution in [1.82, 2.24) is 5.32 Å². The van der Waals surface area contributed by atoms with E-state index in [9.17, 15) is 27.2 Å². The van der Waals surface area contributed by atoms with Crippen LogP contribution < -0.4 is 15.4 Å². The molecule has 1 atom stereocenters. The van der Waals surface area contributed by atoms with Gasteiger partial charge in [0.1, 0.15) is 11.6 Å². The summed E-state index contributed by atoms with van der Waals surface area (Å²) in [5.74, 6) is -3.96. The molecule has 2 aromatic rings. The Morgan fingerprint density at radius 2 is 1.76 bits per heavy atom. The molecule has 2 rings (SSSR count). The van der Waals surface area contributed by atoms with Crippen LogP contribution in [0.5, 0.6) is 5.75 Å². The molecule has 2 N–H and O–H groups in total. The number of ether oxygens (including phenoxy) is 2. The van der Waals surface area contributed by atoms with E-state index in [1.807, 2.05) is 5.32 Å². The molecule has 0 radical (unpaired) electrons. The summed E-state index contributed by atoms with van der Waals surface area (Å²) in [6.07, 6.45) is -5.33. The Labute approximate surface area is 163 Å². The number of alkyl halides is 3. The van der Waals surface area contributed by atoms with E-state index in [4.69, 9.17) is 4.74 Å². The second-order valence-electron chi connectivity index (χ2n) is 5.76. The Balaban J connectivity index is 2.56. The molecule has 0 saturated heterocycles. The first-order valence-electron chi connectivity index (χ1n) is 8.38. The van der Waals surface area contributed by atoms with Crippen molar-refractivity contribution in [3.8, 4) is 5.75 Å². The number of benzene rings is 2. The number of halogens is 4. The Kier molecular flexibility index (Phi) is 6.68. The summed E-state index contributed by atoms with van der Waals surface area (Å²) in [5, 5.41) is 3.63. The van der Waals surface area contributed by atoms with Gasteiger partial charge < -0.3 is 20.1 Å². The van der Waals surface area contributed by atoms with Crippen LogP contribution >= 0.6 is 0 Å². The molecule has 0 aliphatic heterocycles. The zero-order chi connectivity index (χ0) is 21.7. The smallest absolute Gasteiger partial charge is 0.441 e. The van der Waals surface area contributed by atoms with Crippen molar-refractivity contribution < 1.29 is 36.6 Å². The van der Waals surface area contributed by atoms with Crippen LogP contribution in [0.3, 0.4) is 0 Å². The van der Waals surface area contributed by atoms with E-state index in [0.717, 1.165) is 24.3 Å². The predicted molar refractivity (Wildman–Crippen MR) is 95.9 cm³/mol. The molecule has 6 nitrogen and oxygen atoms in total. The monoisotopic (exact) mass is 414 g/mol. The molecule has 0 unspecified atom stereocenters. The molecule has 0 aliphatic rings. The van der Waals surface area contributed by atoms with Crippen LogP contribution in [0.1, 0.15) is 17.3 Å². The molecule has 10 heteroatoms. The first kappa shape index (κ1) is 22.0. The first-order valence-corrected chi connectivity index (χ1v) is 8.38. The fraction of sp³-hybridized carbons (Fsp3) is 0.263. The number of anilines is 1. The van der Waals surface area contributed by atoms with Crippen molar-refractivity contribution in [3.63, 3.8) is 0 Å². The topological polar surface area (TPSA) is 76.7 Å². The second-order valence-corrected chi connectivity index (χ2v) is 5.76. The second kappa shape index (κ2) is 8.80. The van der Waals surface area contributed by atoms with Crippen molar-refractivity contribution in [2.75, 3.05) is 19.0 Å². The number of esters is 1. The van der Waals surface area contributed by atoms with Gasteiger partial charge in [0.15, 0.2) is 0 Å². The van der Waals surface area contributed by atoms with E-state index in [1.54, 1.807) is 5.32 Å². The van der Waals surface area contributed by atoms with E-state index in [0.29, 0.717) is 0 Å². The fourth-order valence-corrected chi connectivity index (χ4v) is 2.45. The minimum absolute atomic E-state index is 0.00886. The number of hydrogen-bond donors (Lipinski definition) is 2. The largest absolute Gasteiger partial charge is 0.495 e. The SMILES string of the molecule is CCOC(=O)[C@@](NC(=O)c1cccc(F)c1)(Nc1ccccc1OC)C(F)(F)F. The fourth-order valence-electron chi connectivity index (χ4n) is 2.45. The zero-order valence-electron chi connectivity index (χ0n) is 15.5. The molecule has 0 spiro atoms. The van der Waals surface area contributed by atoms with E-state index in [1.165, 1.54) is 38.3 Å². The minimum Gasteiger partial charge on any atom is -0.495 e. The summed E-state index contributed by atoms with van der Waals surface area (Å²) < 4.78 is 65.4. The maximum absolute atomic E-state index is 14.1. The zero-order valence-corrected chi connectivity index (χ0v) is 15.5. The van der Waals surface area contributed by atoms with Gasteiger partial charge in [-0.05, 0) is 37.3 Å². The standard InChI is InChI=1S/C19H18F4N2O4/c1-3-29-17(27)18(19(21,22)23,24-14-9-4-5-10-15(14)28-2)25-16(26)12-7-6-8-13(20)11-12/h4-11,24H,3H2,1-2H3,(H,25,26)/t18-/m0/s1. The average molecular weight is 414 g/mol. The molecule has 0 saturated carbocycles.